The minimum Gasteiger partial charge on any atom is -0.330 e. The highest BCUT2D eigenvalue weighted by molar-refractivity contribution is 5.85. The fourth-order valence-electron chi connectivity index (χ4n) is 4.00. The van der Waals surface area contributed by atoms with Crippen LogP contribution in [-0.2, 0) is 6.54 Å². The van der Waals surface area contributed by atoms with Gasteiger partial charge in [-0.1, -0.05) is 36.4 Å². The molecule has 1 aromatic heterocycles. The molecule has 2 N–H and O–H groups in total. The molecule has 0 aliphatic carbocycles. The van der Waals surface area contributed by atoms with E-state index in [0.717, 1.165) is 29.6 Å². The number of rotatable bonds is 4. The summed E-state index contributed by atoms with van der Waals surface area (Å²) in [6, 6.07) is 17.5. The van der Waals surface area contributed by atoms with Crippen molar-refractivity contribution in [1.29, 1.82) is 0 Å². The van der Waals surface area contributed by atoms with Crippen molar-refractivity contribution in [2.24, 2.45) is 11.7 Å². The van der Waals surface area contributed by atoms with E-state index in [1.54, 1.807) is 18.3 Å². The summed E-state index contributed by atoms with van der Waals surface area (Å²) in [7, 11) is 0. The molecule has 1 fully saturated rings. The third kappa shape index (κ3) is 3.73. The molecule has 2 aromatic carbocycles. The van der Waals surface area contributed by atoms with Crippen LogP contribution < -0.4 is 5.73 Å². The summed E-state index contributed by atoms with van der Waals surface area (Å²) in [6.45, 7) is 3.24. The van der Waals surface area contributed by atoms with E-state index in [-0.39, 0.29) is 18.2 Å². The average Bonchev–Trinajstić information content (AvgIpc) is 3.05. The molecule has 0 saturated carbocycles. The standard InChI is InChI=1S/C21H22FN3.ClH/c22-19-9-16-7-4-8-24-21(16)17(10-19)12-25-13-18(11-23)20(14-25)15-5-2-1-3-6-15;/h1-10,18,20H,11-14,23H2;1H/t18-,20+;/m1./s1. The molecule has 26 heavy (non-hydrogen) atoms. The van der Waals surface area contributed by atoms with E-state index in [4.69, 9.17) is 5.73 Å². The molecule has 1 saturated heterocycles. The van der Waals surface area contributed by atoms with E-state index in [0.29, 0.717) is 24.9 Å². The van der Waals surface area contributed by atoms with E-state index >= 15 is 0 Å². The van der Waals surface area contributed by atoms with Gasteiger partial charge in [-0.2, -0.15) is 0 Å². The highest BCUT2D eigenvalue weighted by atomic mass is 35.5. The lowest BCUT2D eigenvalue weighted by atomic mass is 9.89. The number of nitrogens with two attached hydrogens (primary N) is 1. The van der Waals surface area contributed by atoms with E-state index in [2.05, 4.69) is 34.1 Å². The quantitative estimate of drug-likeness (QED) is 0.754. The first kappa shape index (κ1) is 18.8. The summed E-state index contributed by atoms with van der Waals surface area (Å²) in [4.78, 5) is 6.84. The molecule has 1 aliphatic heterocycles. The number of hydrogen-bond acceptors (Lipinski definition) is 3. The predicted molar refractivity (Wildman–Crippen MR) is 106 cm³/mol. The minimum atomic E-state index is -0.204. The van der Waals surface area contributed by atoms with Crippen molar-refractivity contribution >= 4 is 23.3 Å². The first-order valence-corrected chi connectivity index (χ1v) is 8.75. The lowest BCUT2D eigenvalue weighted by Gasteiger charge is -2.17. The Morgan fingerprint density at radius 3 is 2.65 bits per heavy atom. The van der Waals surface area contributed by atoms with Crippen LogP contribution in [0.4, 0.5) is 4.39 Å². The monoisotopic (exact) mass is 371 g/mol. The van der Waals surface area contributed by atoms with E-state index in [1.165, 1.54) is 5.56 Å². The second-order valence-corrected chi connectivity index (χ2v) is 6.85. The van der Waals surface area contributed by atoms with Crippen LogP contribution in [-0.4, -0.2) is 29.5 Å². The summed E-state index contributed by atoms with van der Waals surface area (Å²) in [5, 5.41) is 0.853. The Hall–Kier alpha value is -2.01. The zero-order valence-corrected chi connectivity index (χ0v) is 15.3. The Balaban J connectivity index is 0.00000196. The van der Waals surface area contributed by atoms with Crippen LogP contribution in [0.25, 0.3) is 10.9 Å². The molecule has 0 amide bonds. The SMILES string of the molecule is Cl.NC[C@@H]1CN(Cc2cc(F)cc3cccnc23)C[C@H]1c1ccccc1. The van der Waals surface area contributed by atoms with Crippen molar-refractivity contribution in [1.82, 2.24) is 9.88 Å². The van der Waals surface area contributed by atoms with E-state index < -0.39 is 0 Å². The van der Waals surface area contributed by atoms with Gasteiger partial charge >= 0.3 is 0 Å². The summed E-state index contributed by atoms with van der Waals surface area (Å²) in [5.74, 6) is 0.652. The van der Waals surface area contributed by atoms with Gasteiger partial charge < -0.3 is 5.73 Å². The minimum absolute atomic E-state index is 0. The Morgan fingerprint density at radius 1 is 1.08 bits per heavy atom. The van der Waals surface area contributed by atoms with Gasteiger partial charge in [0.2, 0.25) is 0 Å². The smallest absolute Gasteiger partial charge is 0.124 e. The lowest BCUT2D eigenvalue weighted by Crippen LogP contribution is -2.23. The molecule has 0 bridgehead atoms. The van der Waals surface area contributed by atoms with Gasteiger partial charge in [0.25, 0.3) is 0 Å². The fraction of sp³-hybridized carbons (Fsp3) is 0.286. The maximum Gasteiger partial charge on any atom is 0.124 e. The van der Waals surface area contributed by atoms with Crippen molar-refractivity contribution in [3.05, 3.63) is 77.7 Å². The van der Waals surface area contributed by atoms with Gasteiger partial charge in [0.15, 0.2) is 0 Å². The number of nitrogens with zero attached hydrogens (tertiary/aromatic N) is 2. The summed E-state index contributed by atoms with van der Waals surface area (Å²) < 4.78 is 14.0. The molecular formula is C21H23ClFN3. The van der Waals surface area contributed by atoms with Crippen molar-refractivity contribution < 1.29 is 4.39 Å². The maximum atomic E-state index is 14.0. The molecule has 3 aromatic rings. The van der Waals surface area contributed by atoms with Gasteiger partial charge in [0, 0.05) is 37.1 Å². The molecule has 0 unspecified atom stereocenters. The average molecular weight is 372 g/mol. The van der Waals surface area contributed by atoms with Gasteiger partial charge in [0.1, 0.15) is 5.82 Å². The maximum absolute atomic E-state index is 14.0. The van der Waals surface area contributed by atoms with E-state index in [1.807, 2.05) is 18.2 Å². The Kier molecular flexibility index (Phi) is 5.87. The van der Waals surface area contributed by atoms with E-state index in [9.17, 15) is 4.39 Å². The van der Waals surface area contributed by atoms with Gasteiger partial charge in [-0.3, -0.25) is 9.88 Å². The highest BCUT2D eigenvalue weighted by Crippen LogP contribution is 2.33. The number of aromatic nitrogens is 1. The molecule has 3 nitrogen and oxygen atoms in total. The molecule has 0 radical (unpaired) electrons. The van der Waals surface area contributed by atoms with Crippen LogP contribution in [0.15, 0.2) is 60.8 Å². The first-order chi connectivity index (χ1) is 12.2. The lowest BCUT2D eigenvalue weighted by molar-refractivity contribution is 0.317. The summed E-state index contributed by atoms with van der Waals surface area (Å²) >= 11 is 0. The van der Waals surface area contributed by atoms with Gasteiger partial charge in [-0.05, 0) is 41.8 Å². The highest BCUT2D eigenvalue weighted by Gasteiger charge is 2.32. The largest absolute Gasteiger partial charge is 0.330 e. The van der Waals surface area contributed by atoms with Crippen molar-refractivity contribution in [2.75, 3.05) is 19.6 Å². The van der Waals surface area contributed by atoms with Crippen molar-refractivity contribution in [2.45, 2.75) is 12.5 Å². The second-order valence-electron chi connectivity index (χ2n) is 6.85. The topological polar surface area (TPSA) is 42.1 Å². The van der Waals surface area contributed by atoms with Crippen molar-refractivity contribution in [3.8, 4) is 0 Å². The fourth-order valence-corrected chi connectivity index (χ4v) is 4.00. The predicted octanol–water partition coefficient (Wildman–Crippen LogP) is 3.97. The Bertz CT molecular complexity index is 872. The normalized spacial score (nSPS) is 20.2. The number of fused-ring (bicyclic) bond motifs is 1. The van der Waals surface area contributed by atoms with Crippen LogP contribution in [0.1, 0.15) is 17.0 Å². The molecule has 2 atom stereocenters. The van der Waals surface area contributed by atoms with Gasteiger partial charge in [-0.15, -0.1) is 12.4 Å². The van der Waals surface area contributed by atoms with Gasteiger partial charge in [-0.25, -0.2) is 4.39 Å². The van der Waals surface area contributed by atoms with Crippen LogP contribution in [0, 0.1) is 11.7 Å². The molecule has 1 aliphatic rings. The van der Waals surface area contributed by atoms with Crippen LogP contribution in [0.5, 0.6) is 0 Å². The first-order valence-electron chi connectivity index (χ1n) is 8.75. The molecule has 4 rings (SSSR count). The molecular weight excluding hydrogens is 349 g/mol. The zero-order valence-electron chi connectivity index (χ0n) is 14.5. The molecule has 2 heterocycles. The number of halogens is 2. The number of hydrogen-bond donors (Lipinski definition) is 1. The number of likely N-dealkylation sites (tertiary alicyclic amines) is 1. The number of pyridine rings is 1. The summed E-state index contributed by atoms with van der Waals surface area (Å²) in [5.41, 5.74) is 9.20. The van der Waals surface area contributed by atoms with Gasteiger partial charge in [0.05, 0.1) is 5.52 Å². The Labute approximate surface area is 159 Å². The molecule has 136 valence electrons. The molecule has 0 spiro atoms. The van der Waals surface area contributed by atoms with Crippen LogP contribution in [0.3, 0.4) is 0 Å². The van der Waals surface area contributed by atoms with Crippen LogP contribution >= 0.6 is 12.4 Å². The Morgan fingerprint density at radius 2 is 1.88 bits per heavy atom. The van der Waals surface area contributed by atoms with Crippen LogP contribution in [0.2, 0.25) is 0 Å². The zero-order chi connectivity index (χ0) is 17.2. The summed E-state index contributed by atoms with van der Waals surface area (Å²) in [6.07, 6.45) is 1.77. The number of benzene rings is 2. The molecule has 5 heteroatoms. The third-order valence-electron chi connectivity index (χ3n) is 5.19. The van der Waals surface area contributed by atoms with Crippen molar-refractivity contribution in [3.63, 3.8) is 0 Å². The second kappa shape index (κ2) is 8.12. The third-order valence-corrected chi connectivity index (χ3v) is 5.19.